The zero-order chi connectivity index (χ0) is 17.7. The van der Waals surface area contributed by atoms with E-state index in [0.717, 1.165) is 16.4 Å². The van der Waals surface area contributed by atoms with Crippen molar-refractivity contribution in [1.29, 1.82) is 0 Å². The summed E-state index contributed by atoms with van der Waals surface area (Å²) in [6.45, 7) is 3.80. The van der Waals surface area contributed by atoms with E-state index in [-0.39, 0.29) is 23.9 Å². The highest BCUT2D eigenvalue weighted by atomic mass is 32.2. The molecule has 2 N–H and O–H groups in total. The molecular weight excluding hydrogens is 326 g/mol. The van der Waals surface area contributed by atoms with E-state index in [1.165, 1.54) is 4.90 Å². The topological polar surface area (TPSA) is 83.3 Å². The van der Waals surface area contributed by atoms with Crippen LogP contribution in [0.15, 0.2) is 35.7 Å². The molecule has 1 heterocycles. The summed E-state index contributed by atoms with van der Waals surface area (Å²) in [7, 11) is 3.57. The first-order valence-electron chi connectivity index (χ1n) is 7.67. The van der Waals surface area contributed by atoms with Crippen LogP contribution in [0.4, 0.5) is 10.5 Å². The minimum absolute atomic E-state index is 0.0741. The molecule has 0 radical (unpaired) electrons. The van der Waals surface area contributed by atoms with Crippen molar-refractivity contribution in [2.45, 2.75) is 30.3 Å². The van der Waals surface area contributed by atoms with Gasteiger partial charge in [0.25, 0.3) is 0 Å². The van der Waals surface area contributed by atoms with Crippen molar-refractivity contribution in [3.63, 3.8) is 0 Å². The number of aryl methyl sites for hydroxylation is 1. The summed E-state index contributed by atoms with van der Waals surface area (Å²) in [4.78, 5) is 13.6. The number of carbonyl (C=O) groups is 1. The Morgan fingerprint density at radius 1 is 1.46 bits per heavy atom. The number of aromatic nitrogens is 3. The molecule has 1 aromatic carbocycles. The van der Waals surface area contributed by atoms with Gasteiger partial charge in [-0.1, -0.05) is 23.9 Å². The Balaban J connectivity index is 2.05. The maximum absolute atomic E-state index is 12.2. The van der Waals surface area contributed by atoms with Gasteiger partial charge >= 0.3 is 6.03 Å². The van der Waals surface area contributed by atoms with E-state index in [1.54, 1.807) is 32.1 Å². The molecule has 0 aliphatic heterocycles. The Kier molecular flexibility index (Phi) is 6.22. The lowest BCUT2D eigenvalue weighted by atomic mass is 10.1. The van der Waals surface area contributed by atoms with E-state index in [4.69, 9.17) is 5.11 Å². The van der Waals surface area contributed by atoms with Gasteiger partial charge in [0.1, 0.15) is 6.33 Å². The molecule has 0 saturated heterocycles. The Hall–Kier alpha value is -2.06. The predicted octanol–water partition coefficient (Wildman–Crippen LogP) is 2.51. The predicted molar refractivity (Wildman–Crippen MR) is 95.0 cm³/mol. The first kappa shape index (κ1) is 18.3. The first-order chi connectivity index (χ1) is 11.4. The van der Waals surface area contributed by atoms with E-state index >= 15 is 0 Å². The van der Waals surface area contributed by atoms with E-state index < -0.39 is 0 Å². The number of likely N-dealkylation sites (N-methyl/N-ethyl adjacent to an activating group) is 1. The number of hydrogen-bond acceptors (Lipinski definition) is 5. The molecule has 0 fully saturated rings. The van der Waals surface area contributed by atoms with Crippen molar-refractivity contribution in [1.82, 2.24) is 19.7 Å². The van der Waals surface area contributed by atoms with Crippen LogP contribution in [0.3, 0.4) is 0 Å². The maximum Gasteiger partial charge on any atom is 0.321 e. The van der Waals surface area contributed by atoms with E-state index in [9.17, 15) is 4.79 Å². The number of nitrogens with one attached hydrogen (secondary N) is 1. The monoisotopic (exact) mass is 349 g/mol. The van der Waals surface area contributed by atoms with Crippen LogP contribution in [0.1, 0.15) is 24.7 Å². The number of benzene rings is 1. The second-order valence-corrected chi connectivity index (χ2v) is 6.99. The van der Waals surface area contributed by atoms with Crippen LogP contribution in [0, 0.1) is 0 Å². The van der Waals surface area contributed by atoms with Gasteiger partial charge in [0.15, 0.2) is 5.16 Å². The van der Waals surface area contributed by atoms with Crippen LogP contribution >= 0.6 is 11.8 Å². The number of nitrogens with zero attached hydrogens (tertiary/aromatic N) is 4. The maximum atomic E-state index is 12.2. The van der Waals surface area contributed by atoms with Gasteiger partial charge in [0.05, 0.1) is 12.6 Å². The Bertz CT molecular complexity index is 691. The molecule has 2 atom stereocenters. The molecule has 2 rings (SSSR count). The third-order valence-corrected chi connectivity index (χ3v) is 5.01. The third-order valence-electron chi connectivity index (χ3n) is 3.81. The lowest BCUT2D eigenvalue weighted by Gasteiger charge is -2.23. The number of hydrogen-bond donors (Lipinski definition) is 2. The van der Waals surface area contributed by atoms with Crippen LogP contribution in [-0.4, -0.2) is 50.5 Å². The SMILES string of the molecule is CC(CO)N(C)C(=O)Nc1cccc([C@H](C)Sc2nncn2C)c1. The van der Waals surface area contributed by atoms with Gasteiger partial charge in [-0.15, -0.1) is 10.2 Å². The molecule has 130 valence electrons. The van der Waals surface area contributed by atoms with Crippen LogP contribution in [0.5, 0.6) is 0 Å². The summed E-state index contributed by atoms with van der Waals surface area (Å²) in [6, 6.07) is 7.24. The zero-order valence-electron chi connectivity index (χ0n) is 14.3. The van der Waals surface area contributed by atoms with Gasteiger partial charge in [-0.3, -0.25) is 0 Å². The molecule has 0 bridgehead atoms. The first-order valence-corrected chi connectivity index (χ1v) is 8.55. The number of aliphatic hydroxyl groups excluding tert-OH is 1. The normalized spacial score (nSPS) is 13.4. The largest absolute Gasteiger partial charge is 0.394 e. The lowest BCUT2D eigenvalue weighted by Crippen LogP contribution is -2.40. The molecule has 0 saturated carbocycles. The highest BCUT2D eigenvalue weighted by Crippen LogP contribution is 2.34. The molecule has 0 spiro atoms. The fourth-order valence-corrected chi connectivity index (χ4v) is 2.92. The van der Waals surface area contributed by atoms with Crippen LogP contribution < -0.4 is 5.32 Å². The highest BCUT2D eigenvalue weighted by Gasteiger charge is 2.16. The second-order valence-electron chi connectivity index (χ2n) is 5.68. The molecule has 8 heteroatoms. The van der Waals surface area contributed by atoms with Crippen molar-refractivity contribution in [2.24, 2.45) is 7.05 Å². The summed E-state index contributed by atoms with van der Waals surface area (Å²) in [5.74, 6) is 0. The number of carbonyl (C=O) groups excluding carboxylic acids is 1. The number of amides is 2. The van der Waals surface area contributed by atoms with Gasteiger partial charge in [-0.2, -0.15) is 0 Å². The van der Waals surface area contributed by atoms with Crippen molar-refractivity contribution in [2.75, 3.05) is 19.0 Å². The van der Waals surface area contributed by atoms with E-state index in [0.29, 0.717) is 0 Å². The lowest BCUT2D eigenvalue weighted by molar-refractivity contribution is 0.166. The Morgan fingerprint density at radius 2 is 2.21 bits per heavy atom. The van der Waals surface area contributed by atoms with Crippen LogP contribution in [0.2, 0.25) is 0 Å². The smallest absolute Gasteiger partial charge is 0.321 e. The number of rotatable bonds is 6. The molecule has 2 aromatic rings. The fourth-order valence-electron chi connectivity index (χ4n) is 2.01. The summed E-state index contributed by atoms with van der Waals surface area (Å²) >= 11 is 1.61. The molecular formula is C16H23N5O2S. The zero-order valence-corrected chi connectivity index (χ0v) is 15.1. The summed E-state index contributed by atoms with van der Waals surface area (Å²) in [5, 5.41) is 21.0. The average molecular weight is 349 g/mol. The third kappa shape index (κ3) is 4.48. The Labute approximate surface area is 146 Å². The molecule has 24 heavy (non-hydrogen) atoms. The van der Waals surface area contributed by atoms with E-state index in [1.807, 2.05) is 35.9 Å². The molecule has 7 nitrogen and oxygen atoms in total. The van der Waals surface area contributed by atoms with E-state index in [2.05, 4.69) is 22.4 Å². The molecule has 1 unspecified atom stereocenters. The van der Waals surface area contributed by atoms with Crippen LogP contribution in [0.25, 0.3) is 0 Å². The van der Waals surface area contributed by atoms with Crippen LogP contribution in [-0.2, 0) is 7.05 Å². The summed E-state index contributed by atoms with van der Waals surface area (Å²) in [6.07, 6.45) is 1.67. The van der Waals surface area contributed by atoms with Gasteiger partial charge in [-0.25, -0.2) is 4.79 Å². The summed E-state index contributed by atoms with van der Waals surface area (Å²) < 4.78 is 1.87. The minimum Gasteiger partial charge on any atom is -0.394 e. The van der Waals surface area contributed by atoms with Crippen molar-refractivity contribution in [3.8, 4) is 0 Å². The highest BCUT2D eigenvalue weighted by molar-refractivity contribution is 7.99. The number of urea groups is 1. The van der Waals surface area contributed by atoms with Crippen molar-refractivity contribution >= 4 is 23.5 Å². The number of anilines is 1. The van der Waals surface area contributed by atoms with Crippen molar-refractivity contribution < 1.29 is 9.90 Å². The standard InChI is InChI=1S/C16H23N5O2S/c1-11(9-22)21(4)15(23)18-14-7-5-6-13(8-14)12(2)24-16-19-17-10-20(16)3/h5-8,10-12,22H,9H2,1-4H3,(H,18,23)/t11?,12-/m0/s1. The second kappa shape index (κ2) is 8.16. The van der Waals surface area contributed by atoms with Gasteiger partial charge in [0, 0.05) is 25.0 Å². The van der Waals surface area contributed by atoms with Gasteiger partial charge in [0.2, 0.25) is 0 Å². The summed E-state index contributed by atoms with van der Waals surface area (Å²) in [5.41, 5.74) is 1.80. The molecule has 0 aliphatic rings. The minimum atomic E-state index is -0.248. The fraction of sp³-hybridized carbons (Fsp3) is 0.438. The van der Waals surface area contributed by atoms with Gasteiger partial charge < -0.3 is 19.9 Å². The molecule has 2 amide bonds. The van der Waals surface area contributed by atoms with Crippen molar-refractivity contribution in [3.05, 3.63) is 36.2 Å². The number of aliphatic hydroxyl groups is 1. The van der Waals surface area contributed by atoms with Gasteiger partial charge in [-0.05, 0) is 31.5 Å². The average Bonchev–Trinajstić information content (AvgIpc) is 2.98. The molecule has 1 aromatic heterocycles. The molecule has 0 aliphatic carbocycles. The number of thioether (sulfide) groups is 1. The Morgan fingerprint density at radius 3 is 2.83 bits per heavy atom. The quantitative estimate of drug-likeness (QED) is 0.783.